The van der Waals surface area contributed by atoms with E-state index in [-0.39, 0.29) is 4.90 Å². The van der Waals surface area contributed by atoms with Gasteiger partial charge in [0.1, 0.15) is 4.90 Å². The molecule has 1 aliphatic rings. The number of ether oxygens (including phenoxy) is 1. The average molecular weight is 217 g/mol. The van der Waals surface area contributed by atoms with Gasteiger partial charge in [-0.25, -0.2) is 8.42 Å². The van der Waals surface area contributed by atoms with Crippen molar-refractivity contribution in [2.24, 2.45) is 0 Å². The molecule has 7 heteroatoms. The zero-order chi connectivity index (χ0) is 10.0. The highest BCUT2D eigenvalue weighted by Gasteiger charge is 2.26. The van der Waals surface area contributed by atoms with E-state index < -0.39 is 10.0 Å². The van der Waals surface area contributed by atoms with Crippen LogP contribution in [0.2, 0.25) is 0 Å². The van der Waals surface area contributed by atoms with Crippen LogP contribution in [0.1, 0.15) is 0 Å². The highest BCUT2D eigenvalue weighted by Crippen LogP contribution is 2.14. The highest BCUT2D eigenvalue weighted by atomic mass is 32.2. The van der Waals surface area contributed by atoms with Gasteiger partial charge in [0, 0.05) is 19.3 Å². The normalized spacial score (nSPS) is 19.7. The first-order chi connectivity index (χ1) is 6.71. The number of hydrogen-bond donors (Lipinski definition) is 1. The van der Waals surface area contributed by atoms with Crippen molar-refractivity contribution in [3.8, 4) is 0 Å². The molecule has 0 bridgehead atoms. The second-order valence-electron chi connectivity index (χ2n) is 2.95. The number of H-pyrrole nitrogens is 1. The molecule has 0 spiro atoms. The van der Waals surface area contributed by atoms with Gasteiger partial charge < -0.3 is 4.74 Å². The van der Waals surface area contributed by atoms with Crippen molar-refractivity contribution in [1.82, 2.24) is 14.5 Å². The number of nitrogens with one attached hydrogen (secondary N) is 1. The molecule has 0 unspecified atom stereocenters. The van der Waals surface area contributed by atoms with Crippen LogP contribution in [0.5, 0.6) is 0 Å². The summed E-state index contributed by atoms with van der Waals surface area (Å²) in [7, 11) is -3.36. The Morgan fingerprint density at radius 3 is 2.71 bits per heavy atom. The van der Waals surface area contributed by atoms with Crippen molar-refractivity contribution in [2.75, 3.05) is 26.3 Å². The summed E-state index contributed by atoms with van der Waals surface area (Å²) in [6, 6.07) is 0. The fraction of sp³-hybridized carbons (Fsp3) is 0.571. The Morgan fingerprint density at radius 2 is 2.14 bits per heavy atom. The Kier molecular flexibility index (Phi) is 2.53. The van der Waals surface area contributed by atoms with E-state index in [1.165, 1.54) is 16.7 Å². The molecule has 6 nitrogen and oxygen atoms in total. The third-order valence-corrected chi connectivity index (χ3v) is 3.94. The maximum absolute atomic E-state index is 11.9. The van der Waals surface area contributed by atoms with Gasteiger partial charge in [-0.05, 0) is 0 Å². The maximum atomic E-state index is 11.9. The zero-order valence-electron chi connectivity index (χ0n) is 7.51. The third-order valence-electron chi connectivity index (χ3n) is 2.08. The van der Waals surface area contributed by atoms with Gasteiger partial charge in [0.25, 0.3) is 0 Å². The summed E-state index contributed by atoms with van der Waals surface area (Å²) in [6.07, 6.45) is 2.69. The molecular formula is C7H11N3O3S. The number of aromatic amines is 1. The van der Waals surface area contributed by atoms with E-state index in [9.17, 15) is 8.42 Å². The van der Waals surface area contributed by atoms with Crippen LogP contribution in [-0.2, 0) is 14.8 Å². The van der Waals surface area contributed by atoms with Crippen LogP contribution in [0.25, 0.3) is 0 Å². The van der Waals surface area contributed by atoms with Crippen LogP contribution >= 0.6 is 0 Å². The monoisotopic (exact) mass is 217 g/mol. The predicted molar refractivity (Wildman–Crippen MR) is 48.2 cm³/mol. The van der Waals surface area contributed by atoms with E-state index in [1.54, 1.807) is 0 Å². The summed E-state index contributed by atoms with van der Waals surface area (Å²) in [5, 5.41) is 6.11. The zero-order valence-corrected chi connectivity index (χ0v) is 8.33. The molecule has 14 heavy (non-hydrogen) atoms. The van der Waals surface area contributed by atoms with E-state index in [0.29, 0.717) is 26.3 Å². The van der Waals surface area contributed by atoms with E-state index in [1.807, 2.05) is 0 Å². The largest absolute Gasteiger partial charge is 0.379 e. The van der Waals surface area contributed by atoms with Crippen molar-refractivity contribution in [1.29, 1.82) is 0 Å². The first-order valence-corrected chi connectivity index (χ1v) is 5.72. The van der Waals surface area contributed by atoms with Crippen molar-refractivity contribution in [3.63, 3.8) is 0 Å². The number of sulfonamides is 1. The second-order valence-corrected chi connectivity index (χ2v) is 4.89. The second kappa shape index (κ2) is 3.68. The van der Waals surface area contributed by atoms with Gasteiger partial charge in [-0.2, -0.15) is 9.40 Å². The smallest absolute Gasteiger partial charge is 0.246 e. The Balaban J connectivity index is 2.23. The van der Waals surface area contributed by atoms with Gasteiger partial charge in [-0.1, -0.05) is 0 Å². The molecule has 1 N–H and O–H groups in total. The van der Waals surface area contributed by atoms with Crippen LogP contribution in [0, 0.1) is 0 Å². The Morgan fingerprint density at radius 1 is 1.43 bits per heavy atom. The molecule has 0 radical (unpaired) electrons. The van der Waals surface area contributed by atoms with Gasteiger partial charge in [-0.3, -0.25) is 5.10 Å². The van der Waals surface area contributed by atoms with Crippen LogP contribution in [-0.4, -0.2) is 49.2 Å². The number of morpholine rings is 1. The fourth-order valence-electron chi connectivity index (χ4n) is 1.32. The summed E-state index contributed by atoms with van der Waals surface area (Å²) >= 11 is 0. The molecular weight excluding hydrogens is 206 g/mol. The maximum Gasteiger partial charge on any atom is 0.246 e. The molecule has 78 valence electrons. The minimum Gasteiger partial charge on any atom is -0.379 e. The number of aromatic nitrogens is 2. The van der Waals surface area contributed by atoms with Gasteiger partial charge in [0.05, 0.1) is 19.4 Å². The SMILES string of the molecule is O=S(=O)(c1cn[nH]c1)N1CCOCC1. The summed E-state index contributed by atoms with van der Waals surface area (Å²) in [5.74, 6) is 0. The fourth-order valence-corrected chi connectivity index (χ4v) is 2.63. The highest BCUT2D eigenvalue weighted by molar-refractivity contribution is 7.89. The lowest BCUT2D eigenvalue weighted by molar-refractivity contribution is 0.0730. The molecule has 1 saturated heterocycles. The molecule has 2 rings (SSSR count). The minimum atomic E-state index is -3.36. The molecule has 1 fully saturated rings. The predicted octanol–water partition coefficient (Wildman–Crippen LogP) is -0.569. The number of nitrogens with zero attached hydrogens (tertiary/aromatic N) is 2. The van der Waals surface area contributed by atoms with Crippen LogP contribution in [0.4, 0.5) is 0 Å². The van der Waals surface area contributed by atoms with Crippen molar-refractivity contribution >= 4 is 10.0 Å². The summed E-state index contributed by atoms with van der Waals surface area (Å²) < 4.78 is 30.2. The minimum absolute atomic E-state index is 0.208. The molecule has 2 heterocycles. The summed E-state index contributed by atoms with van der Waals surface area (Å²) in [4.78, 5) is 0.208. The molecule has 0 amide bonds. The lowest BCUT2D eigenvalue weighted by atomic mass is 10.5. The third kappa shape index (κ3) is 1.66. The van der Waals surface area contributed by atoms with Crippen LogP contribution in [0.3, 0.4) is 0 Å². The molecule has 1 aromatic heterocycles. The van der Waals surface area contributed by atoms with E-state index in [0.717, 1.165) is 0 Å². The molecule has 0 aromatic carbocycles. The Hall–Kier alpha value is -0.920. The number of rotatable bonds is 2. The van der Waals surface area contributed by atoms with Crippen molar-refractivity contribution in [2.45, 2.75) is 4.90 Å². The standard InChI is InChI=1S/C7H11N3O3S/c11-14(12,7-5-8-9-6-7)10-1-3-13-4-2-10/h5-6H,1-4H2,(H,8,9). The lowest BCUT2D eigenvalue weighted by Crippen LogP contribution is -2.40. The van der Waals surface area contributed by atoms with Gasteiger partial charge in [0.2, 0.25) is 10.0 Å². The van der Waals surface area contributed by atoms with Crippen LogP contribution < -0.4 is 0 Å². The van der Waals surface area contributed by atoms with E-state index >= 15 is 0 Å². The average Bonchev–Trinajstić information content (AvgIpc) is 2.72. The first kappa shape index (κ1) is 9.63. The summed E-state index contributed by atoms with van der Waals surface area (Å²) in [6.45, 7) is 1.73. The molecule has 1 aromatic rings. The van der Waals surface area contributed by atoms with Crippen molar-refractivity contribution < 1.29 is 13.2 Å². The number of hydrogen-bond acceptors (Lipinski definition) is 4. The topological polar surface area (TPSA) is 75.3 Å². The first-order valence-electron chi connectivity index (χ1n) is 4.28. The van der Waals surface area contributed by atoms with Crippen LogP contribution in [0.15, 0.2) is 17.3 Å². The molecule has 0 saturated carbocycles. The quantitative estimate of drug-likeness (QED) is 0.720. The van der Waals surface area contributed by atoms with E-state index in [2.05, 4.69) is 10.2 Å². The lowest BCUT2D eigenvalue weighted by Gasteiger charge is -2.25. The molecule has 0 aliphatic carbocycles. The Bertz CT molecular complexity index is 380. The Labute approximate surface area is 81.9 Å². The molecule has 1 aliphatic heterocycles. The van der Waals surface area contributed by atoms with Gasteiger partial charge >= 0.3 is 0 Å². The van der Waals surface area contributed by atoms with Crippen molar-refractivity contribution in [3.05, 3.63) is 12.4 Å². The van der Waals surface area contributed by atoms with Gasteiger partial charge in [0.15, 0.2) is 0 Å². The van der Waals surface area contributed by atoms with Gasteiger partial charge in [-0.15, -0.1) is 0 Å². The molecule has 0 atom stereocenters. The summed E-state index contributed by atoms with van der Waals surface area (Å²) in [5.41, 5.74) is 0. The van der Waals surface area contributed by atoms with E-state index in [4.69, 9.17) is 4.74 Å².